The van der Waals surface area contributed by atoms with Crippen molar-refractivity contribution in [3.8, 4) is 6.07 Å². The summed E-state index contributed by atoms with van der Waals surface area (Å²) in [5, 5.41) is 45.5. The van der Waals surface area contributed by atoms with Gasteiger partial charge in [-0.3, -0.25) is 5.01 Å². The summed E-state index contributed by atoms with van der Waals surface area (Å²) >= 11 is 0. The summed E-state index contributed by atoms with van der Waals surface area (Å²) in [6.07, 6.45) is 0.869. The molecule has 22 heavy (non-hydrogen) atoms. The van der Waals surface area contributed by atoms with Crippen molar-refractivity contribution in [2.45, 2.75) is 42.8 Å². The highest BCUT2D eigenvalue weighted by molar-refractivity contribution is 6.02. The lowest BCUT2D eigenvalue weighted by Crippen LogP contribution is -2.62. The van der Waals surface area contributed by atoms with Crippen LogP contribution in [0.4, 0.5) is 0 Å². The Morgan fingerprint density at radius 2 is 2.36 bits per heavy atom. The van der Waals surface area contributed by atoms with E-state index >= 15 is 0 Å². The van der Waals surface area contributed by atoms with Crippen molar-refractivity contribution < 1.29 is 20.1 Å². The normalized spacial score (nSPS) is 43.6. The number of nitriles is 1. The molecule has 0 aromatic rings. The number of nitrogens with two attached hydrogens (primary N) is 1. The molecule has 0 amide bonds. The Hall–Kier alpha value is -1.99. The van der Waals surface area contributed by atoms with Crippen LogP contribution in [0.5, 0.6) is 0 Å². The van der Waals surface area contributed by atoms with Crippen molar-refractivity contribution in [3.05, 3.63) is 11.8 Å². The number of aliphatic hydroxyl groups excluding tert-OH is 2. The lowest BCUT2D eigenvalue weighted by molar-refractivity contribution is -0.133. The zero-order chi connectivity index (χ0) is 16.1. The Bertz CT molecular complexity index is 622. The smallest absolute Gasteiger partial charge is 0.208 e. The zero-order valence-corrected chi connectivity index (χ0v) is 11.9. The molecule has 3 aliphatic heterocycles. The van der Waals surface area contributed by atoms with Gasteiger partial charge in [0.15, 0.2) is 5.84 Å². The fourth-order valence-corrected chi connectivity index (χ4v) is 3.27. The van der Waals surface area contributed by atoms with Gasteiger partial charge < -0.3 is 25.8 Å². The molecule has 1 fully saturated rings. The van der Waals surface area contributed by atoms with Gasteiger partial charge in [0.1, 0.15) is 36.3 Å². The minimum atomic E-state index is -1.89. The number of fused-ring (bicyclic) bond motifs is 1. The molecule has 1 saturated heterocycles. The van der Waals surface area contributed by atoms with E-state index in [9.17, 15) is 20.6 Å². The second kappa shape index (κ2) is 4.76. The van der Waals surface area contributed by atoms with Gasteiger partial charge in [-0.2, -0.15) is 10.4 Å². The average Bonchev–Trinajstić information content (AvgIpc) is 3.01. The first-order valence-electron chi connectivity index (χ1n) is 6.85. The Balaban J connectivity index is 2.02. The maximum Gasteiger partial charge on any atom is 0.208 e. The molecule has 0 aromatic heterocycles. The summed E-state index contributed by atoms with van der Waals surface area (Å²) in [6, 6.07) is 1.28. The van der Waals surface area contributed by atoms with E-state index in [0.29, 0.717) is 12.1 Å². The van der Waals surface area contributed by atoms with Gasteiger partial charge in [-0.05, 0) is 13.3 Å². The molecule has 118 valence electrons. The SMILES string of the molecule is C[C@@]1(O)[C@H](O)[C@@H](CO)O[C@@]1(C#N)C1CC=C2C(N)=NC=NN21. The van der Waals surface area contributed by atoms with E-state index in [1.54, 1.807) is 6.08 Å². The van der Waals surface area contributed by atoms with Gasteiger partial charge in [0, 0.05) is 0 Å². The summed E-state index contributed by atoms with van der Waals surface area (Å²) in [4.78, 5) is 3.88. The fraction of sp³-hybridized carbons (Fsp3) is 0.615. The van der Waals surface area contributed by atoms with Gasteiger partial charge >= 0.3 is 0 Å². The summed E-state index contributed by atoms with van der Waals surface area (Å²) in [6.45, 7) is 0.806. The maximum absolute atomic E-state index is 10.7. The molecule has 0 aromatic carbocycles. The number of hydrogen-bond donors (Lipinski definition) is 4. The van der Waals surface area contributed by atoms with E-state index in [1.165, 1.54) is 18.3 Å². The third-order valence-electron chi connectivity index (χ3n) is 4.54. The van der Waals surface area contributed by atoms with Crippen molar-refractivity contribution in [1.82, 2.24) is 5.01 Å². The van der Waals surface area contributed by atoms with Crippen molar-refractivity contribution in [2.75, 3.05) is 6.61 Å². The molecule has 3 aliphatic rings. The van der Waals surface area contributed by atoms with E-state index in [2.05, 4.69) is 10.1 Å². The molecule has 9 heteroatoms. The quantitative estimate of drug-likeness (QED) is 0.462. The molecular weight excluding hydrogens is 290 g/mol. The lowest BCUT2D eigenvalue weighted by atomic mass is 9.77. The van der Waals surface area contributed by atoms with Crippen LogP contribution >= 0.6 is 0 Å². The molecule has 0 spiro atoms. The number of hydrazone groups is 1. The molecule has 5 atom stereocenters. The summed E-state index contributed by atoms with van der Waals surface area (Å²) in [5.74, 6) is 0.252. The summed E-state index contributed by atoms with van der Waals surface area (Å²) in [7, 11) is 0. The maximum atomic E-state index is 10.7. The van der Waals surface area contributed by atoms with E-state index < -0.39 is 36.1 Å². The van der Waals surface area contributed by atoms with Crippen LogP contribution in [0.1, 0.15) is 13.3 Å². The van der Waals surface area contributed by atoms with Crippen LogP contribution in [0.3, 0.4) is 0 Å². The number of ether oxygens (including phenoxy) is 1. The number of rotatable bonds is 2. The molecule has 9 nitrogen and oxygen atoms in total. The molecular formula is C13H17N5O4. The first-order valence-corrected chi connectivity index (χ1v) is 6.85. The minimum Gasteiger partial charge on any atom is -0.394 e. The second-order valence-corrected chi connectivity index (χ2v) is 5.71. The number of amidine groups is 1. The molecule has 3 heterocycles. The second-order valence-electron chi connectivity index (χ2n) is 5.71. The zero-order valence-electron chi connectivity index (χ0n) is 11.9. The topological polar surface area (TPSA) is 148 Å². The third-order valence-corrected chi connectivity index (χ3v) is 4.54. The highest BCUT2D eigenvalue weighted by Gasteiger charge is 2.68. The van der Waals surface area contributed by atoms with Gasteiger partial charge in [-0.25, -0.2) is 4.99 Å². The fourth-order valence-electron chi connectivity index (χ4n) is 3.27. The molecule has 3 rings (SSSR count). The standard InChI is InChI=1S/C13H17N5O4/c1-12(21)10(20)8(4-19)22-13(12,5-14)9-3-2-7-11(15)16-6-17-18(7)9/h2,6,8-10,19-21H,3-4H2,1H3,(H2,15,16,17)/t8-,9?,10-,12-,13+/m1/s1. The van der Waals surface area contributed by atoms with Crippen molar-refractivity contribution in [1.29, 1.82) is 5.26 Å². The predicted octanol–water partition coefficient (Wildman–Crippen LogP) is -1.98. The molecule has 0 bridgehead atoms. The van der Waals surface area contributed by atoms with Gasteiger partial charge in [-0.15, -0.1) is 0 Å². The Labute approximate surface area is 126 Å². The van der Waals surface area contributed by atoms with Crippen LogP contribution < -0.4 is 5.73 Å². The highest BCUT2D eigenvalue weighted by Crippen LogP contribution is 2.47. The summed E-state index contributed by atoms with van der Waals surface area (Å²) in [5.41, 5.74) is 2.66. The third kappa shape index (κ3) is 1.66. The van der Waals surface area contributed by atoms with Crippen molar-refractivity contribution in [3.63, 3.8) is 0 Å². The number of hydrogen-bond acceptors (Lipinski definition) is 9. The molecule has 0 aliphatic carbocycles. The first kappa shape index (κ1) is 14.9. The lowest BCUT2D eigenvalue weighted by Gasteiger charge is -2.41. The molecule has 1 unspecified atom stereocenters. The van der Waals surface area contributed by atoms with E-state index in [1.807, 2.05) is 6.07 Å². The number of aliphatic hydroxyl groups is 3. The van der Waals surface area contributed by atoms with E-state index in [4.69, 9.17) is 10.5 Å². The van der Waals surface area contributed by atoms with Crippen LogP contribution in [-0.2, 0) is 4.74 Å². The molecule has 5 N–H and O–H groups in total. The van der Waals surface area contributed by atoms with Crippen LogP contribution in [0, 0.1) is 11.3 Å². The summed E-state index contributed by atoms with van der Waals surface area (Å²) < 4.78 is 5.60. The highest BCUT2D eigenvalue weighted by atomic mass is 16.6. The molecule has 0 saturated carbocycles. The minimum absolute atomic E-state index is 0.252. The number of nitrogens with zero attached hydrogens (tertiary/aromatic N) is 4. The predicted molar refractivity (Wildman–Crippen MR) is 75.4 cm³/mol. The van der Waals surface area contributed by atoms with Crippen LogP contribution in [0.2, 0.25) is 0 Å². The van der Waals surface area contributed by atoms with Crippen LogP contribution in [0.15, 0.2) is 21.9 Å². The van der Waals surface area contributed by atoms with Crippen molar-refractivity contribution in [2.24, 2.45) is 15.8 Å². The van der Waals surface area contributed by atoms with E-state index in [0.717, 1.165) is 0 Å². The van der Waals surface area contributed by atoms with Gasteiger partial charge in [-0.1, -0.05) is 6.08 Å². The Morgan fingerprint density at radius 1 is 1.64 bits per heavy atom. The van der Waals surface area contributed by atoms with Gasteiger partial charge in [0.05, 0.1) is 12.3 Å². The van der Waals surface area contributed by atoms with Gasteiger partial charge in [0.2, 0.25) is 5.60 Å². The first-order chi connectivity index (χ1) is 10.4. The van der Waals surface area contributed by atoms with E-state index in [-0.39, 0.29) is 5.84 Å². The Morgan fingerprint density at radius 3 is 2.95 bits per heavy atom. The monoisotopic (exact) mass is 307 g/mol. The van der Waals surface area contributed by atoms with Crippen molar-refractivity contribution >= 4 is 12.2 Å². The Kier molecular flexibility index (Phi) is 3.23. The van der Waals surface area contributed by atoms with Crippen LogP contribution in [-0.4, -0.2) is 68.6 Å². The molecule has 0 radical (unpaired) electrons. The largest absolute Gasteiger partial charge is 0.394 e. The van der Waals surface area contributed by atoms with Crippen LogP contribution in [0.25, 0.3) is 0 Å². The average molecular weight is 307 g/mol. The number of aliphatic imine (C=N–C) groups is 1. The van der Waals surface area contributed by atoms with Gasteiger partial charge in [0.25, 0.3) is 0 Å².